The molecule has 1 aliphatic rings. The first-order valence-electron chi connectivity index (χ1n) is 6.55. The van der Waals surface area contributed by atoms with Crippen molar-refractivity contribution >= 4 is 5.57 Å². The van der Waals surface area contributed by atoms with Crippen LogP contribution in [-0.4, -0.2) is 13.6 Å². The van der Waals surface area contributed by atoms with E-state index in [4.69, 9.17) is 4.74 Å². The SMILES string of the molecule is CNC/C=C1/c2ccccc2COc2ccccc21. The van der Waals surface area contributed by atoms with Crippen LogP contribution in [0.25, 0.3) is 5.57 Å². The average molecular weight is 251 g/mol. The Labute approximate surface area is 113 Å². The first-order chi connectivity index (χ1) is 9.40. The van der Waals surface area contributed by atoms with Crippen molar-refractivity contribution in [3.8, 4) is 5.75 Å². The van der Waals surface area contributed by atoms with Crippen molar-refractivity contribution in [3.63, 3.8) is 0 Å². The third kappa shape index (κ3) is 2.27. The summed E-state index contributed by atoms with van der Waals surface area (Å²) in [4.78, 5) is 0. The molecular weight excluding hydrogens is 234 g/mol. The fourth-order valence-electron chi connectivity index (χ4n) is 2.45. The standard InChI is InChI=1S/C17H17NO/c1-18-11-10-15-14-7-3-2-6-13(14)12-19-17-9-5-4-8-16(15)17/h2-10,18H,11-12H2,1H3/b15-10-. The molecule has 2 aromatic rings. The molecule has 0 fully saturated rings. The van der Waals surface area contributed by atoms with E-state index in [0.717, 1.165) is 12.3 Å². The van der Waals surface area contributed by atoms with E-state index < -0.39 is 0 Å². The Balaban J connectivity index is 2.19. The fourth-order valence-corrected chi connectivity index (χ4v) is 2.45. The van der Waals surface area contributed by atoms with Crippen LogP contribution in [0.4, 0.5) is 0 Å². The van der Waals surface area contributed by atoms with Crippen LogP contribution in [0.2, 0.25) is 0 Å². The van der Waals surface area contributed by atoms with Crippen molar-refractivity contribution in [2.75, 3.05) is 13.6 Å². The second kappa shape index (κ2) is 5.29. The normalized spacial score (nSPS) is 15.3. The maximum atomic E-state index is 5.92. The van der Waals surface area contributed by atoms with E-state index in [1.54, 1.807) is 0 Å². The molecule has 0 spiro atoms. The first-order valence-corrected chi connectivity index (χ1v) is 6.55. The molecule has 0 radical (unpaired) electrons. The summed E-state index contributed by atoms with van der Waals surface area (Å²) < 4.78 is 5.92. The minimum absolute atomic E-state index is 0.629. The van der Waals surface area contributed by atoms with Gasteiger partial charge in [-0.15, -0.1) is 0 Å². The molecule has 2 aromatic carbocycles. The monoisotopic (exact) mass is 251 g/mol. The number of rotatable bonds is 2. The van der Waals surface area contributed by atoms with Crippen LogP contribution in [0.1, 0.15) is 16.7 Å². The molecule has 2 heteroatoms. The summed E-state index contributed by atoms with van der Waals surface area (Å²) in [5.41, 5.74) is 4.92. The fraction of sp³-hybridized carbons (Fsp3) is 0.176. The van der Waals surface area contributed by atoms with Crippen molar-refractivity contribution in [1.82, 2.24) is 5.32 Å². The smallest absolute Gasteiger partial charge is 0.127 e. The molecule has 0 aromatic heterocycles. The highest BCUT2D eigenvalue weighted by molar-refractivity contribution is 5.85. The van der Waals surface area contributed by atoms with Gasteiger partial charge in [-0.1, -0.05) is 48.5 Å². The van der Waals surface area contributed by atoms with Crippen molar-refractivity contribution in [2.45, 2.75) is 6.61 Å². The van der Waals surface area contributed by atoms with E-state index in [2.05, 4.69) is 47.8 Å². The number of hydrogen-bond acceptors (Lipinski definition) is 2. The van der Waals surface area contributed by atoms with E-state index in [9.17, 15) is 0 Å². The second-order valence-corrected chi connectivity index (χ2v) is 4.62. The van der Waals surface area contributed by atoms with Gasteiger partial charge in [-0.2, -0.15) is 0 Å². The Morgan fingerprint density at radius 1 is 1.05 bits per heavy atom. The Hall–Kier alpha value is -2.06. The summed E-state index contributed by atoms with van der Waals surface area (Å²) >= 11 is 0. The van der Waals surface area contributed by atoms with Crippen LogP contribution >= 0.6 is 0 Å². The third-order valence-corrected chi connectivity index (χ3v) is 3.38. The topological polar surface area (TPSA) is 21.3 Å². The van der Waals surface area contributed by atoms with Crippen LogP contribution in [0.3, 0.4) is 0 Å². The van der Waals surface area contributed by atoms with Crippen LogP contribution in [-0.2, 0) is 6.61 Å². The lowest BCUT2D eigenvalue weighted by atomic mass is 9.94. The Morgan fingerprint density at radius 2 is 1.79 bits per heavy atom. The molecule has 1 aliphatic heterocycles. The molecule has 96 valence electrons. The highest BCUT2D eigenvalue weighted by Gasteiger charge is 2.17. The van der Waals surface area contributed by atoms with Crippen molar-refractivity contribution in [3.05, 3.63) is 71.3 Å². The third-order valence-electron chi connectivity index (χ3n) is 3.38. The summed E-state index contributed by atoms with van der Waals surface area (Å²) in [6, 6.07) is 16.7. The predicted octanol–water partition coefficient (Wildman–Crippen LogP) is 3.23. The molecule has 1 heterocycles. The van der Waals surface area contributed by atoms with Gasteiger partial charge in [0.05, 0.1) is 0 Å². The lowest BCUT2D eigenvalue weighted by Crippen LogP contribution is -2.05. The van der Waals surface area contributed by atoms with Crippen molar-refractivity contribution in [2.24, 2.45) is 0 Å². The molecule has 0 saturated heterocycles. The van der Waals surface area contributed by atoms with Gasteiger partial charge in [0.1, 0.15) is 12.4 Å². The van der Waals surface area contributed by atoms with Crippen LogP contribution in [0.15, 0.2) is 54.6 Å². The van der Waals surface area contributed by atoms with Crippen molar-refractivity contribution in [1.29, 1.82) is 0 Å². The van der Waals surface area contributed by atoms with E-state index in [1.165, 1.54) is 22.3 Å². The summed E-state index contributed by atoms with van der Waals surface area (Å²) in [5.74, 6) is 0.959. The minimum atomic E-state index is 0.629. The van der Waals surface area contributed by atoms with Gasteiger partial charge in [-0.25, -0.2) is 0 Å². The zero-order valence-electron chi connectivity index (χ0n) is 11.0. The van der Waals surface area contributed by atoms with E-state index in [0.29, 0.717) is 6.61 Å². The second-order valence-electron chi connectivity index (χ2n) is 4.62. The molecule has 2 nitrogen and oxygen atoms in total. The summed E-state index contributed by atoms with van der Waals surface area (Å²) in [5, 5.41) is 3.18. The number of likely N-dealkylation sites (N-methyl/N-ethyl adjacent to an activating group) is 1. The molecule has 0 unspecified atom stereocenters. The van der Waals surface area contributed by atoms with Gasteiger partial charge in [0, 0.05) is 12.1 Å². The van der Waals surface area contributed by atoms with Crippen LogP contribution < -0.4 is 10.1 Å². The highest BCUT2D eigenvalue weighted by Crippen LogP contribution is 2.36. The van der Waals surface area contributed by atoms with E-state index >= 15 is 0 Å². The van der Waals surface area contributed by atoms with Gasteiger partial charge in [-0.05, 0) is 29.8 Å². The van der Waals surface area contributed by atoms with Crippen LogP contribution in [0, 0.1) is 0 Å². The Bertz CT molecular complexity index is 567. The summed E-state index contributed by atoms with van der Waals surface area (Å²) in [7, 11) is 1.96. The van der Waals surface area contributed by atoms with Gasteiger partial charge >= 0.3 is 0 Å². The minimum Gasteiger partial charge on any atom is -0.488 e. The molecule has 0 amide bonds. The molecule has 0 atom stereocenters. The average Bonchev–Trinajstić information content (AvgIpc) is 2.62. The number of fused-ring (bicyclic) bond motifs is 2. The maximum Gasteiger partial charge on any atom is 0.127 e. The van der Waals surface area contributed by atoms with Crippen LogP contribution in [0.5, 0.6) is 5.75 Å². The summed E-state index contributed by atoms with van der Waals surface area (Å²) in [6.45, 7) is 1.47. The Kier molecular flexibility index (Phi) is 3.34. The molecule has 0 saturated carbocycles. The molecule has 0 aliphatic carbocycles. The molecule has 1 N–H and O–H groups in total. The zero-order valence-corrected chi connectivity index (χ0v) is 11.0. The van der Waals surface area contributed by atoms with E-state index in [-0.39, 0.29) is 0 Å². The largest absolute Gasteiger partial charge is 0.488 e. The van der Waals surface area contributed by atoms with E-state index in [1.807, 2.05) is 19.2 Å². The zero-order chi connectivity index (χ0) is 13.1. The quantitative estimate of drug-likeness (QED) is 0.884. The lowest BCUT2D eigenvalue weighted by molar-refractivity contribution is 0.307. The van der Waals surface area contributed by atoms with Gasteiger partial charge in [0.15, 0.2) is 0 Å². The number of benzene rings is 2. The maximum absolute atomic E-state index is 5.92. The van der Waals surface area contributed by atoms with Gasteiger partial charge in [0.2, 0.25) is 0 Å². The Morgan fingerprint density at radius 3 is 2.63 bits per heavy atom. The number of ether oxygens (including phenoxy) is 1. The number of nitrogens with one attached hydrogen (secondary N) is 1. The predicted molar refractivity (Wildman–Crippen MR) is 78.2 cm³/mol. The molecular formula is C17H17NO. The number of hydrogen-bond donors (Lipinski definition) is 1. The lowest BCUT2D eigenvalue weighted by Gasteiger charge is -2.10. The molecule has 3 rings (SSSR count). The molecule has 19 heavy (non-hydrogen) atoms. The van der Waals surface area contributed by atoms with Gasteiger partial charge < -0.3 is 10.1 Å². The summed E-state index contributed by atoms with van der Waals surface area (Å²) in [6.07, 6.45) is 2.23. The van der Waals surface area contributed by atoms with Crippen molar-refractivity contribution < 1.29 is 4.74 Å². The molecule has 0 bridgehead atoms. The first kappa shape index (κ1) is 12.0. The van der Waals surface area contributed by atoms with Gasteiger partial charge in [-0.3, -0.25) is 0 Å². The number of para-hydroxylation sites is 1. The van der Waals surface area contributed by atoms with Gasteiger partial charge in [0.25, 0.3) is 0 Å². The highest BCUT2D eigenvalue weighted by atomic mass is 16.5.